The van der Waals surface area contributed by atoms with Crippen molar-refractivity contribution in [1.29, 1.82) is 0 Å². The third kappa shape index (κ3) is 3.02. The Morgan fingerprint density at radius 1 is 1.19 bits per heavy atom. The zero-order valence-corrected chi connectivity index (χ0v) is 14.9. The lowest BCUT2D eigenvalue weighted by Gasteiger charge is -2.33. The molecule has 1 aliphatic rings. The zero-order chi connectivity index (χ0) is 18.1. The van der Waals surface area contributed by atoms with Crippen LogP contribution in [-0.2, 0) is 6.54 Å². The number of hydrogen-bond donors (Lipinski definition) is 2. The van der Waals surface area contributed by atoms with Gasteiger partial charge in [0.2, 0.25) is 0 Å². The molecule has 0 saturated carbocycles. The second kappa shape index (κ2) is 6.77. The normalized spacial score (nSPS) is 16.2. The maximum Gasteiger partial charge on any atom is 0.157 e. The van der Waals surface area contributed by atoms with Crippen LogP contribution < -0.4 is 9.64 Å². The molecule has 1 aromatic heterocycles. The van der Waals surface area contributed by atoms with Gasteiger partial charge in [-0.2, -0.15) is 0 Å². The van der Waals surface area contributed by atoms with E-state index in [0.29, 0.717) is 17.3 Å². The number of ether oxygens (including phenoxy) is 1. The molecule has 0 fully saturated rings. The number of anilines is 1. The lowest BCUT2D eigenvalue weighted by atomic mass is 10.0. The van der Waals surface area contributed by atoms with Gasteiger partial charge in [0.05, 0.1) is 12.2 Å². The maximum atomic E-state index is 10.9. The third-order valence-electron chi connectivity index (χ3n) is 4.34. The first-order chi connectivity index (χ1) is 12.6. The molecule has 0 saturated heterocycles. The van der Waals surface area contributed by atoms with Gasteiger partial charge in [-0.1, -0.05) is 23.7 Å². The summed E-state index contributed by atoms with van der Waals surface area (Å²) in [6.45, 7) is 2.30. The molecule has 0 spiro atoms. The molecule has 3 aromatic rings. The molecular weight excluding hydrogens is 350 g/mol. The number of nitrogens with zero attached hydrogens (tertiary/aromatic N) is 2. The molecule has 1 unspecified atom stereocenters. The van der Waals surface area contributed by atoms with Crippen molar-refractivity contribution in [1.82, 2.24) is 9.97 Å². The highest BCUT2D eigenvalue weighted by molar-refractivity contribution is 6.30. The molecule has 2 aromatic carbocycles. The first-order valence-electron chi connectivity index (χ1n) is 8.34. The molecule has 0 radical (unpaired) electrons. The summed E-state index contributed by atoms with van der Waals surface area (Å²) in [6, 6.07) is 15.2. The van der Waals surface area contributed by atoms with Crippen molar-refractivity contribution in [3.8, 4) is 5.75 Å². The molecule has 1 atom stereocenters. The molecule has 5 nitrogen and oxygen atoms in total. The van der Waals surface area contributed by atoms with Crippen LogP contribution in [0.5, 0.6) is 5.75 Å². The Kier molecular flexibility index (Phi) is 4.31. The lowest BCUT2D eigenvalue weighted by Crippen LogP contribution is -2.30. The van der Waals surface area contributed by atoms with Crippen LogP contribution in [0.15, 0.2) is 66.7 Å². The molecule has 2 heterocycles. The quantitative estimate of drug-likeness (QED) is 0.696. The summed E-state index contributed by atoms with van der Waals surface area (Å²) in [5.41, 5.74) is 2.44. The molecule has 0 amide bonds. The fourth-order valence-electron chi connectivity index (χ4n) is 3.08. The van der Waals surface area contributed by atoms with Crippen molar-refractivity contribution in [2.24, 2.45) is 0 Å². The van der Waals surface area contributed by atoms with E-state index in [9.17, 15) is 5.11 Å². The standard InChI is InChI=1S/C20H18ClN3O2/c1-13-20(25)19(16-4-2-3-5-17(16)26-13)24(12-18-22-10-11-23-18)15-8-6-14(21)7-9-15/h2-11,13,25H,12H2,1H3,(H,22,23). The number of imidazole rings is 1. The summed E-state index contributed by atoms with van der Waals surface area (Å²) >= 11 is 6.06. The number of aromatic nitrogens is 2. The maximum absolute atomic E-state index is 10.9. The number of halogens is 1. The van der Waals surface area contributed by atoms with Crippen molar-refractivity contribution in [2.75, 3.05) is 4.90 Å². The Morgan fingerprint density at radius 3 is 2.69 bits per heavy atom. The minimum Gasteiger partial charge on any atom is -0.506 e. The van der Waals surface area contributed by atoms with E-state index in [2.05, 4.69) is 9.97 Å². The van der Waals surface area contributed by atoms with Gasteiger partial charge in [0.15, 0.2) is 11.9 Å². The number of H-pyrrole nitrogens is 1. The van der Waals surface area contributed by atoms with Gasteiger partial charge in [-0.3, -0.25) is 0 Å². The van der Waals surface area contributed by atoms with Crippen LogP contribution in [0.25, 0.3) is 5.70 Å². The van der Waals surface area contributed by atoms with E-state index in [1.165, 1.54) is 0 Å². The number of hydrogen-bond acceptors (Lipinski definition) is 4. The van der Waals surface area contributed by atoms with Gasteiger partial charge in [-0.15, -0.1) is 0 Å². The number of fused-ring (bicyclic) bond motifs is 1. The molecule has 4 rings (SSSR count). The van der Waals surface area contributed by atoms with E-state index in [4.69, 9.17) is 16.3 Å². The van der Waals surface area contributed by atoms with Gasteiger partial charge >= 0.3 is 0 Å². The second-order valence-corrected chi connectivity index (χ2v) is 6.52. The highest BCUT2D eigenvalue weighted by atomic mass is 35.5. The van der Waals surface area contributed by atoms with Crippen LogP contribution >= 0.6 is 11.6 Å². The molecule has 0 aliphatic carbocycles. The highest BCUT2D eigenvalue weighted by Crippen LogP contribution is 2.39. The smallest absolute Gasteiger partial charge is 0.157 e. The van der Waals surface area contributed by atoms with E-state index in [0.717, 1.165) is 22.8 Å². The van der Waals surface area contributed by atoms with E-state index < -0.39 is 6.10 Å². The Balaban J connectivity index is 1.87. The number of aliphatic hydroxyl groups is 1. The summed E-state index contributed by atoms with van der Waals surface area (Å²) in [6.07, 6.45) is 3.06. The van der Waals surface area contributed by atoms with Gasteiger partial charge in [-0.25, -0.2) is 4.98 Å². The molecule has 132 valence electrons. The summed E-state index contributed by atoms with van der Waals surface area (Å²) in [5, 5.41) is 11.5. The second-order valence-electron chi connectivity index (χ2n) is 6.09. The molecule has 1 aliphatic heterocycles. The molecule has 6 heteroatoms. The van der Waals surface area contributed by atoms with Crippen LogP contribution in [0.1, 0.15) is 18.3 Å². The van der Waals surface area contributed by atoms with Crippen LogP contribution in [-0.4, -0.2) is 21.2 Å². The fourth-order valence-corrected chi connectivity index (χ4v) is 3.21. The van der Waals surface area contributed by atoms with E-state index >= 15 is 0 Å². The number of aliphatic hydroxyl groups excluding tert-OH is 1. The van der Waals surface area contributed by atoms with Crippen molar-refractivity contribution in [3.05, 3.63) is 83.1 Å². The predicted molar refractivity (Wildman–Crippen MR) is 102 cm³/mol. The third-order valence-corrected chi connectivity index (χ3v) is 4.60. The molecule has 0 bridgehead atoms. The Hall–Kier alpha value is -2.92. The first kappa shape index (κ1) is 16.5. The zero-order valence-electron chi connectivity index (χ0n) is 14.2. The van der Waals surface area contributed by atoms with Crippen molar-refractivity contribution in [3.63, 3.8) is 0 Å². The van der Waals surface area contributed by atoms with Crippen LogP contribution in [0.2, 0.25) is 5.02 Å². The topological polar surface area (TPSA) is 61.4 Å². The number of rotatable bonds is 4. The minimum absolute atomic E-state index is 0.185. The minimum atomic E-state index is -0.439. The van der Waals surface area contributed by atoms with Crippen LogP contribution in [0, 0.1) is 0 Å². The summed E-state index contributed by atoms with van der Waals surface area (Å²) in [7, 11) is 0. The Bertz CT molecular complexity index is 936. The first-order valence-corrected chi connectivity index (χ1v) is 8.72. The number of para-hydroxylation sites is 1. The predicted octanol–water partition coefficient (Wildman–Crippen LogP) is 4.78. The van der Waals surface area contributed by atoms with Gasteiger partial charge in [0, 0.05) is 28.7 Å². The molecule has 2 N–H and O–H groups in total. The Labute approximate surface area is 156 Å². The van der Waals surface area contributed by atoms with Crippen molar-refractivity contribution >= 4 is 23.0 Å². The van der Waals surface area contributed by atoms with Gasteiger partial charge in [0.25, 0.3) is 0 Å². The van der Waals surface area contributed by atoms with Crippen LogP contribution in [0.3, 0.4) is 0 Å². The molecule has 26 heavy (non-hydrogen) atoms. The van der Waals surface area contributed by atoms with E-state index in [1.807, 2.05) is 60.4 Å². The lowest BCUT2D eigenvalue weighted by molar-refractivity contribution is 0.185. The Morgan fingerprint density at radius 2 is 1.96 bits per heavy atom. The average molecular weight is 368 g/mol. The van der Waals surface area contributed by atoms with E-state index in [1.54, 1.807) is 12.4 Å². The van der Waals surface area contributed by atoms with E-state index in [-0.39, 0.29) is 5.76 Å². The summed E-state index contributed by atoms with van der Waals surface area (Å²) < 4.78 is 5.84. The van der Waals surface area contributed by atoms with Crippen LogP contribution in [0.4, 0.5) is 5.69 Å². The fraction of sp³-hybridized carbons (Fsp3) is 0.150. The summed E-state index contributed by atoms with van der Waals surface area (Å²) in [4.78, 5) is 9.47. The van der Waals surface area contributed by atoms with Gasteiger partial charge < -0.3 is 19.7 Å². The monoisotopic (exact) mass is 367 g/mol. The van der Waals surface area contributed by atoms with Gasteiger partial charge in [0.1, 0.15) is 11.6 Å². The largest absolute Gasteiger partial charge is 0.506 e. The number of benzene rings is 2. The number of aromatic amines is 1. The number of nitrogens with one attached hydrogen (secondary N) is 1. The summed E-state index contributed by atoms with van der Waals surface area (Å²) in [5.74, 6) is 1.72. The van der Waals surface area contributed by atoms with Crippen molar-refractivity contribution < 1.29 is 9.84 Å². The average Bonchev–Trinajstić information content (AvgIpc) is 3.15. The highest BCUT2D eigenvalue weighted by Gasteiger charge is 2.30. The molecular formula is C20H18ClN3O2. The van der Waals surface area contributed by atoms with Crippen molar-refractivity contribution in [2.45, 2.75) is 19.6 Å². The SMILES string of the molecule is CC1Oc2ccccc2C(N(Cc2ncc[nH]2)c2ccc(Cl)cc2)=C1O. The van der Waals surface area contributed by atoms with Gasteiger partial charge in [-0.05, 0) is 43.3 Å².